The van der Waals surface area contributed by atoms with E-state index in [1.54, 1.807) is 0 Å². The van der Waals surface area contributed by atoms with Crippen LogP contribution in [0.25, 0.3) is 0 Å². The highest BCUT2D eigenvalue weighted by Crippen LogP contribution is 1.96. The van der Waals surface area contributed by atoms with Gasteiger partial charge in [0.25, 0.3) is 0 Å². The number of rotatable bonds is 7. The van der Waals surface area contributed by atoms with Gasteiger partial charge in [0, 0.05) is 34.8 Å². The van der Waals surface area contributed by atoms with Gasteiger partial charge in [0.05, 0.1) is 20.2 Å². The molecule has 0 spiro atoms. The van der Waals surface area contributed by atoms with Crippen molar-refractivity contribution in [3.8, 4) is 0 Å². The molecule has 0 saturated heterocycles. The number of aryl methyl sites for hydroxylation is 4. The van der Waals surface area contributed by atoms with Crippen molar-refractivity contribution < 1.29 is 35.1 Å². The van der Waals surface area contributed by atoms with Crippen LogP contribution >= 0.6 is 0 Å². The van der Waals surface area contributed by atoms with Crippen molar-refractivity contribution in [2.45, 2.75) is 53.6 Å². The third kappa shape index (κ3) is 17.0. The zero-order valence-electron chi connectivity index (χ0n) is 18.0. The molecule has 0 aliphatic heterocycles. The van der Waals surface area contributed by atoms with Gasteiger partial charge in [-0.1, -0.05) is 0 Å². The van der Waals surface area contributed by atoms with Crippen molar-refractivity contribution in [2.24, 2.45) is 0 Å². The largest absolute Gasteiger partial charge is 0.748 e. The highest BCUT2D eigenvalue weighted by molar-refractivity contribution is 7.86. The third-order valence-corrected chi connectivity index (χ3v) is 5.36. The smallest absolute Gasteiger partial charge is 0.171 e. The fourth-order valence-electron chi connectivity index (χ4n) is 2.26. The summed E-state index contributed by atoms with van der Waals surface area (Å²) >= 11 is 0. The summed E-state index contributed by atoms with van der Waals surface area (Å²) in [5, 5.41) is 0. The maximum atomic E-state index is 9.97. The number of hydrogen-bond acceptors (Lipinski definition) is 6. The van der Waals surface area contributed by atoms with Gasteiger partial charge >= 0.3 is 0 Å². The van der Waals surface area contributed by atoms with E-state index in [-0.39, 0.29) is 12.8 Å². The number of pyridine rings is 2. The molecule has 2 aromatic rings. The summed E-state index contributed by atoms with van der Waals surface area (Å²) in [6.07, 6.45) is 8.25. The highest BCUT2D eigenvalue weighted by Gasteiger charge is 1.98. The van der Waals surface area contributed by atoms with E-state index in [1.807, 2.05) is 0 Å². The molecule has 0 unspecified atom stereocenters. The molecule has 2 aromatic heterocycles. The molecule has 0 saturated carbocycles. The van der Waals surface area contributed by atoms with E-state index in [0.717, 1.165) is 13.1 Å². The first-order valence-corrected chi connectivity index (χ1v) is 12.8. The van der Waals surface area contributed by atoms with Gasteiger partial charge in [-0.2, -0.15) is 0 Å². The quantitative estimate of drug-likeness (QED) is 0.350. The molecule has 2 rings (SSSR count). The zero-order valence-corrected chi connectivity index (χ0v) is 19.7. The summed E-state index contributed by atoms with van der Waals surface area (Å²) < 4.78 is 64.2. The van der Waals surface area contributed by atoms with Crippen LogP contribution in [0.1, 0.15) is 37.8 Å². The maximum absolute atomic E-state index is 9.97. The van der Waals surface area contributed by atoms with Gasteiger partial charge in [-0.15, -0.1) is 0 Å². The Morgan fingerprint density at radius 1 is 0.733 bits per heavy atom. The first kappa shape index (κ1) is 28.1. The molecule has 0 radical (unpaired) electrons. The number of hydrogen-bond donors (Lipinski definition) is 0. The van der Waals surface area contributed by atoms with Gasteiger partial charge in [0.1, 0.15) is 13.1 Å². The summed E-state index contributed by atoms with van der Waals surface area (Å²) in [5.41, 5.74) is 2.64. The van der Waals surface area contributed by atoms with Crippen LogP contribution in [0.4, 0.5) is 0 Å². The molecule has 0 bridgehead atoms. The van der Waals surface area contributed by atoms with E-state index in [0.29, 0.717) is 0 Å². The van der Waals surface area contributed by atoms with E-state index in [1.165, 1.54) is 11.1 Å². The summed E-state index contributed by atoms with van der Waals surface area (Å²) in [4.78, 5) is 0. The predicted molar refractivity (Wildman–Crippen MR) is 112 cm³/mol. The molecule has 0 atom stereocenters. The Labute approximate surface area is 180 Å². The molecular weight excluding hydrogens is 428 g/mol. The molecule has 8 nitrogen and oxygen atoms in total. The molecule has 0 aromatic carbocycles. The van der Waals surface area contributed by atoms with Crippen LogP contribution in [0.2, 0.25) is 0 Å². The van der Waals surface area contributed by atoms with Crippen LogP contribution in [0.3, 0.4) is 0 Å². The minimum Gasteiger partial charge on any atom is -0.748 e. The zero-order chi connectivity index (χ0) is 23.2. The fraction of sp³-hybridized carbons (Fsp3) is 0.500. The monoisotopic (exact) mass is 460 g/mol. The summed E-state index contributed by atoms with van der Waals surface area (Å²) in [5.74, 6) is -1.24. The second kappa shape index (κ2) is 14.2. The maximum Gasteiger partial charge on any atom is 0.171 e. The fourth-order valence-corrected chi connectivity index (χ4v) is 3.37. The average molecular weight is 461 g/mol. The molecule has 2 heterocycles. The highest BCUT2D eigenvalue weighted by atomic mass is 32.2. The van der Waals surface area contributed by atoms with Crippen molar-refractivity contribution in [1.29, 1.82) is 0 Å². The summed E-state index contributed by atoms with van der Waals surface area (Å²) in [6.45, 7) is 10.6. The lowest BCUT2D eigenvalue weighted by atomic mass is 10.3. The molecule has 10 heteroatoms. The predicted octanol–water partition coefficient (Wildman–Crippen LogP) is 1.46. The van der Waals surface area contributed by atoms with Crippen LogP contribution in [0.15, 0.2) is 49.1 Å². The second-order valence-corrected chi connectivity index (χ2v) is 9.70. The SMILES string of the molecule is CC[n+]1cccc(C)c1.CC[n+]1cccc(C)c1.O=S(=O)([O-])CCCCS(=O)(=O)[O-]. The number of nitrogens with zero attached hydrogens (tertiary/aromatic N) is 2. The molecule has 0 aliphatic carbocycles. The Hall–Kier alpha value is -1.88. The van der Waals surface area contributed by atoms with Crippen molar-refractivity contribution in [2.75, 3.05) is 11.5 Å². The Balaban J connectivity index is 0.000000426. The van der Waals surface area contributed by atoms with Crippen molar-refractivity contribution in [3.05, 3.63) is 60.2 Å². The standard InChI is InChI=1S/2C8H12N.C4H10O6S2/c2*1-3-9-6-4-5-8(2)7-9;5-11(6,7)3-1-2-4-12(8,9)10/h2*4-7H,3H2,1-2H3;1-4H2,(H,5,6,7)(H,8,9,10)/q2*+1;/p-2. The third-order valence-electron chi connectivity index (χ3n) is 3.78. The molecular formula is C20H32N2O6S2. The van der Waals surface area contributed by atoms with Crippen molar-refractivity contribution >= 4 is 20.2 Å². The van der Waals surface area contributed by atoms with Crippen LogP contribution in [-0.2, 0) is 33.3 Å². The van der Waals surface area contributed by atoms with Gasteiger partial charge in [-0.05, 0) is 52.7 Å². The van der Waals surface area contributed by atoms with Crippen LogP contribution < -0.4 is 9.13 Å². The Bertz CT molecular complexity index is 881. The molecule has 170 valence electrons. The van der Waals surface area contributed by atoms with Gasteiger partial charge in [0.15, 0.2) is 24.8 Å². The van der Waals surface area contributed by atoms with E-state index in [4.69, 9.17) is 0 Å². The van der Waals surface area contributed by atoms with E-state index >= 15 is 0 Å². The normalized spacial score (nSPS) is 11.0. The van der Waals surface area contributed by atoms with E-state index < -0.39 is 31.7 Å². The minimum absolute atomic E-state index is 0.0900. The molecule has 0 N–H and O–H groups in total. The lowest BCUT2D eigenvalue weighted by Gasteiger charge is -2.07. The topological polar surface area (TPSA) is 122 Å². The number of unbranched alkanes of at least 4 members (excludes halogenated alkanes) is 1. The first-order valence-electron chi connectivity index (χ1n) is 9.64. The lowest BCUT2D eigenvalue weighted by Crippen LogP contribution is -2.30. The van der Waals surface area contributed by atoms with Crippen molar-refractivity contribution in [1.82, 2.24) is 0 Å². The molecule has 0 amide bonds. The van der Waals surface area contributed by atoms with Crippen LogP contribution in [-0.4, -0.2) is 37.4 Å². The average Bonchev–Trinajstić information content (AvgIpc) is 2.65. The van der Waals surface area contributed by atoms with Gasteiger partial charge < -0.3 is 9.11 Å². The second-order valence-electron chi connectivity index (χ2n) is 6.65. The van der Waals surface area contributed by atoms with Gasteiger partial charge in [0.2, 0.25) is 0 Å². The van der Waals surface area contributed by atoms with Crippen LogP contribution in [0, 0.1) is 13.8 Å². The van der Waals surface area contributed by atoms with Crippen molar-refractivity contribution in [3.63, 3.8) is 0 Å². The minimum atomic E-state index is -4.29. The first-order chi connectivity index (χ1) is 13.9. The lowest BCUT2D eigenvalue weighted by molar-refractivity contribution is -0.694. The Morgan fingerprint density at radius 3 is 1.27 bits per heavy atom. The van der Waals surface area contributed by atoms with Gasteiger partial charge in [-0.25, -0.2) is 26.0 Å². The van der Waals surface area contributed by atoms with E-state index in [9.17, 15) is 25.9 Å². The Morgan fingerprint density at radius 2 is 1.07 bits per heavy atom. The molecule has 0 aliphatic rings. The Kier molecular flexibility index (Phi) is 13.3. The summed E-state index contributed by atoms with van der Waals surface area (Å²) in [6, 6.07) is 8.34. The molecule has 30 heavy (non-hydrogen) atoms. The van der Waals surface area contributed by atoms with Crippen LogP contribution in [0.5, 0.6) is 0 Å². The van der Waals surface area contributed by atoms with E-state index in [2.05, 4.69) is 85.9 Å². The van der Waals surface area contributed by atoms with Gasteiger partial charge in [-0.3, -0.25) is 0 Å². The molecule has 0 fully saturated rings. The number of aromatic nitrogens is 2. The summed E-state index contributed by atoms with van der Waals surface area (Å²) in [7, 11) is -8.58.